The van der Waals surface area contributed by atoms with E-state index in [2.05, 4.69) is 25.5 Å². The summed E-state index contributed by atoms with van der Waals surface area (Å²) in [4.78, 5) is 23.1. The van der Waals surface area contributed by atoms with Gasteiger partial charge in [-0.2, -0.15) is 0 Å². The number of urea groups is 1. The first-order valence-corrected chi connectivity index (χ1v) is 8.26. The van der Waals surface area contributed by atoms with Crippen LogP contribution in [0.5, 0.6) is 0 Å². The van der Waals surface area contributed by atoms with E-state index in [-0.39, 0.29) is 6.03 Å². The van der Waals surface area contributed by atoms with E-state index in [9.17, 15) is 4.79 Å². The number of hydrogen-bond acceptors (Lipinski definition) is 5. The molecule has 2 aromatic rings. The van der Waals surface area contributed by atoms with Crippen molar-refractivity contribution in [2.45, 2.75) is 26.3 Å². The van der Waals surface area contributed by atoms with Gasteiger partial charge in [-0.3, -0.25) is 5.32 Å². The fourth-order valence-corrected chi connectivity index (χ4v) is 3.06. The second-order valence-electron chi connectivity index (χ2n) is 5.28. The summed E-state index contributed by atoms with van der Waals surface area (Å²) in [5, 5.41) is 8.37. The van der Waals surface area contributed by atoms with Crippen molar-refractivity contribution < 1.29 is 4.79 Å². The fourth-order valence-electron chi connectivity index (χ4n) is 2.44. The van der Waals surface area contributed by atoms with Crippen LogP contribution in [-0.4, -0.2) is 29.1 Å². The fraction of sp³-hybridized carbons (Fsp3) is 0.400. The van der Waals surface area contributed by atoms with Gasteiger partial charge in [-0.15, -0.1) is 11.3 Å². The predicted molar refractivity (Wildman–Crippen MR) is 88.4 cm³/mol. The smallest absolute Gasteiger partial charge is 0.320 e. The maximum atomic E-state index is 11.8. The topological polar surface area (TPSA) is 70.2 Å². The number of nitrogens with zero attached hydrogens (tertiary/aromatic N) is 3. The molecule has 2 aromatic heterocycles. The highest BCUT2D eigenvalue weighted by atomic mass is 32.1. The van der Waals surface area contributed by atoms with Crippen LogP contribution in [-0.2, 0) is 6.54 Å². The second kappa shape index (κ2) is 6.74. The summed E-state index contributed by atoms with van der Waals surface area (Å²) in [5.41, 5.74) is 1.75. The second-order valence-corrected chi connectivity index (χ2v) is 6.23. The van der Waals surface area contributed by atoms with Crippen molar-refractivity contribution in [3.05, 3.63) is 35.0 Å². The largest absolute Gasteiger partial charge is 0.341 e. The van der Waals surface area contributed by atoms with Crippen molar-refractivity contribution in [1.29, 1.82) is 0 Å². The lowest BCUT2D eigenvalue weighted by Gasteiger charge is -2.16. The van der Waals surface area contributed by atoms with E-state index in [0.717, 1.165) is 35.4 Å². The zero-order chi connectivity index (χ0) is 15.4. The van der Waals surface area contributed by atoms with Crippen LogP contribution in [0.2, 0.25) is 0 Å². The number of amides is 2. The standard InChI is InChI=1S/C15H19N5OS/c1-11-9-12(18-14(17-11)20-6-2-3-7-20)10-16-15(21)19-13-5-4-8-22-13/h4-5,8-9H,2-3,6-7,10H2,1H3,(H2,16,19,21). The molecule has 1 fully saturated rings. The molecule has 6 nitrogen and oxygen atoms in total. The molecule has 3 rings (SSSR count). The van der Waals surface area contributed by atoms with Crippen molar-refractivity contribution in [3.8, 4) is 0 Å². The summed E-state index contributed by atoms with van der Waals surface area (Å²) in [6, 6.07) is 5.45. The average Bonchev–Trinajstić information content (AvgIpc) is 3.18. The molecular formula is C15H19N5OS. The lowest BCUT2D eigenvalue weighted by Crippen LogP contribution is -2.29. The van der Waals surface area contributed by atoms with E-state index in [0.29, 0.717) is 6.54 Å². The van der Waals surface area contributed by atoms with E-state index in [1.54, 1.807) is 0 Å². The first kappa shape index (κ1) is 14.8. The number of anilines is 2. The summed E-state index contributed by atoms with van der Waals surface area (Å²) < 4.78 is 0. The maximum absolute atomic E-state index is 11.8. The molecule has 2 N–H and O–H groups in total. The summed E-state index contributed by atoms with van der Waals surface area (Å²) in [7, 11) is 0. The molecule has 1 aliphatic rings. The molecule has 7 heteroatoms. The molecule has 0 bridgehead atoms. The molecule has 0 aromatic carbocycles. The number of carbonyl (C=O) groups is 1. The lowest BCUT2D eigenvalue weighted by atomic mass is 10.3. The normalized spacial score (nSPS) is 14.1. The minimum atomic E-state index is -0.221. The van der Waals surface area contributed by atoms with Crippen molar-refractivity contribution in [3.63, 3.8) is 0 Å². The van der Waals surface area contributed by atoms with Gasteiger partial charge in [0.25, 0.3) is 0 Å². The third kappa shape index (κ3) is 3.73. The number of thiophene rings is 1. The number of aromatic nitrogens is 2. The minimum absolute atomic E-state index is 0.221. The highest BCUT2D eigenvalue weighted by Crippen LogP contribution is 2.17. The molecule has 0 saturated carbocycles. The molecule has 0 unspecified atom stereocenters. The van der Waals surface area contributed by atoms with Crippen LogP contribution in [0.25, 0.3) is 0 Å². The highest BCUT2D eigenvalue weighted by molar-refractivity contribution is 7.14. The molecule has 0 aliphatic carbocycles. The van der Waals surface area contributed by atoms with E-state index in [1.165, 1.54) is 24.2 Å². The average molecular weight is 317 g/mol. The number of carbonyl (C=O) groups excluding carboxylic acids is 1. The summed E-state index contributed by atoms with van der Waals surface area (Å²) in [6.07, 6.45) is 2.38. The third-order valence-corrected chi connectivity index (χ3v) is 4.26. The van der Waals surface area contributed by atoms with E-state index >= 15 is 0 Å². The zero-order valence-corrected chi connectivity index (χ0v) is 13.3. The van der Waals surface area contributed by atoms with Gasteiger partial charge in [0.05, 0.1) is 17.2 Å². The van der Waals surface area contributed by atoms with Crippen LogP contribution >= 0.6 is 11.3 Å². The Hall–Kier alpha value is -2.15. The van der Waals surface area contributed by atoms with Gasteiger partial charge in [0.2, 0.25) is 5.95 Å². The van der Waals surface area contributed by atoms with Crippen LogP contribution in [0.4, 0.5) is 15.7 Å². The zero-order valence-electron chi connectivity index (χ0n) is 12.5. The Morgan fingerprint density at radius 2 is 2.18 bits per heavy atom. The predicted octanol–water partition coefficient (Wildman–Crippen LogP) is 2.77. The quantitative estimate of drug-likeness (QED) is 0.909. The molecule has 0 atom stereocenters. The van der Waals surface area contributed by atoms with E-state index < -0.39 is 0 Å². The van der Waals surface area contributed by atoms with Crippen molar-refractivity contribution >= 4 is 28.3 Å². The van der Waals surface area contributed by atoms with Gasteiger partial charge in [-0.1, -0.05) is 0 Å². The molecular weight excluding hydrogens is 298 g/mol. The molecule has 1 saturated heterocycles. The number of nitrogens with one attached hydrogen (secondary N) is 2. The van der Waals surface area contributed by atoms with E-state index in [4.69, 9.17) is 0 Å². The number of rotatable bonds is 4. The maximum Gasteiger partial charge on any atom is 0.320 e. The first-order chi connectivity index (χ1) is 10.7. The van der Waals surface area contributed by atoms with Crippen LogP contribution in [0.3, 0.4) is 0 Å². The van der Waals surface area contributed by atoms with Gasteiger partial charge in [0, 0.05) is 18.8 Å². The van der Waals surface area contributed by atoms with Crippen molar-refractivity contribution in [2.24, 2.45) is 0 Å². The van der Waals surface area contributed by atoms with Crippen molar-refractivity contribution in [2.75, 3.05) is 23.3 Å². The number of hydrogen-bond donors (Lipinski definition) is 2. The number of aryl methyl sites for hydroxylation is 1. The molecule has 22 heavy (non-hydrogen) atoms. The van der Waals surface area contributed by atoms with Gasteiger partial charge in [0.1, 0.15) is 0 Å². The minimum Gasteiger partial charge on any atom is -0.341 e. The summed E-state index contributed by atoms with van der Waals surface area (Å²) >= 11 is 1.49. The van der Waals surface area contributed by atoms with Gasteiger partial charge < -0.3 is 10.2 Å². The van der Waals surface area contributed by atoms with Gasteiger partial charge in [-0.25, -0.2) is 14.8 Å². The molecule has 3 heterocycles. The third-order valence-electron chi connectivity index (χ3n) is 3.47. The Morgan fingerprint density at radius 1 is 1.36 bits per heavy atom. The Balaban J connectivity index is 1.60. The Kier molecular flexibility index (Phi) is 4.53. The molecule has 2 amide bonds. The van der Waals surface area contributed by atoms with Gasteiger partial charge in [-0.05, 0) is 43.3 Å². The van der Waals surface area contributed by atoms with Crippen molar-refractivity contribution in [1.82, 2.24) is 15.3 Å². The monoisotopic (exact) mass is 317 g/mol. The Labute approximate surface area is 133 Å². The summed E-state index contributed by atoms with van der Waals surface area (Å²) in [5.74, 6) is 0.771. The SMILES string of the molecule is Cc1cc(CNC(=O)Nc2cccs2)nc(N2CCCC2)n1. The Morgan fingerprint density at radius 3 is 2.91 bits per heavy atom. The molecule has 1 aliphatic heterocycles. The van der Waals surface area contributed by atoms with Crippen LogP contribution in [0.1, 0.15) is 24.2 Å². The molecule has 0 radical (unpaired) electrons. The van der Waals surface area contributed by atoms with E-state index in [1.807, 2.05) is 30.5 Å². The first-order valence-electron chi connectivity index (χ1n) is 7.38. The van der Waals surface area contributed by atoms with Crippen LogP contribution in [0, 0.1) is 6.92 Å². The molecule has 0 spiro atoms. The van der Waals surface area contributed by atoms with Gasteiger partial charge >= 0.3 is 6.03 Å². The van der Waals surface area contributed by atoms with Crippen LogP contribution < -0.4 is 15.5 Å². The highest BCUT2D eigenvalue weighted by Gasteiger charge is 2.16. The Bertz CT molecular complexity index is 637. The summed E-state index contributed by atoms with van der Waals surface area (Å²) in [6.45, 7) is 4.36. The van der Waals surface area contributed by atoms with Gasteiger partial charge in [0.15, 0.2) is 0 Å². The lowest BCUT2D eigenvalue weighted by molar-refractivity contribution is 0.251. The van der Waals surface area contributed by atoms with Crippen LogP contribution in [0.15, 0.2) is 23.6 Å². The molecule has 116 valence electrons.